The maximum absolute atomic E-state index is 11.4. The van der Waals surface area contributed by atoms with Crippen molar-refractivity contribution in [3.63, 3.8) is 0 Å². The van der Waals surface area contributed by atoms with Gasteiger partial charge < -0.3 is 10.5 Å². The highest BCUT2D eigenvalue weighted by atomic mass is 127. The molecule has 5 heteroatoms. The lowest BCUT2D eigenvalue weighted by molar-refractivity contribution is 0.0600. The number of carbonyl (C=O) groups excluding carboxylic acids is 1. The Bertz CT molecular complexity index is 393. The molecule has 14 heavy (non-hydrogen) atoms. The number of hydrogen-bond acceptors (Lipinski definition) is 3. The van der Waals surface area contributed by atoms with Crippen LogP contribution in [-0.4, -0.2) is 13.1 Å². The zero-order chi connectivity index (χ0) is 10.9. The van der Waals surface area contributed by atoms with E-state index < -0.39 is 5.97 Å². The first-order chi connectivity index (χ1) is 6.49. The van der Waals surface area contributed by atoms with Crippen LogP contribution < -0.4 is 5.73 Å². The summed E-state index contributed by atoms with van der Waals surface area (Å²) in [4.78, 5) is 11.4. The van der Waals surface area contributed by atoms with Gasteiger partial charge in [0.1, 0.15) is 0 Å². The molecule has 0 atom stereocenters. The van der Waals surface area contributed by atoms with Crippen LogP contribution in [0.5, 0.6) is 0 Å². The summed E-state index contributed by atoms with van der Waals surface area (Å²) in [6, 6.07) is 1.71. The predicted octanol–water partition coefficient (Wildman–Crippen LogP) is 2.62. The summed E-state index contributed by atoms with van der Waals surface area (Å²) in [6.45, 7) is 1.77. The molecule has 0 aliphatic heterocycles. The molecule has 0 bridgehead atoms. The summed E-state index contributed by atoms with van der Waals surface area (Å²) in [5, 5.41) is 0.356. The van der Waals surface area contributed by atoms with Crippen LogP contribution in [0, 0.1) is 10.5 Å². The molecule has 1 rings (SSSR count). The fourth-order valence-electron chi connectivity index (χ4n) is 1.13. The maximum atomic E-state index is 11.4. The lowest BCUT2D eigenvalue weighted by Gasteiger charge is -2.09. The van der Waals surface area contributed by atoms with Gasteiger partial charge in [0.2, 0.25) is 0 Å². The van der Waals surface area contributed by atoms with E-state index in [1.165, 1.54) is 7.11 Å². The van der Waals surface area contributed by atoms with Gasteiger partial charge in [-0.15, -0.1) is 0 Å². The van der Waals surface area contributed by atoms with E-state index in [9.17, 15) is 4.79 Å². The molecule has 3 nitrogen and oxygen atoms in total. The Morgan fingerprint density at radius 2 is 2.21 bits per heavy atom. The monoisotopic (exact) mass is 325 g/mol. The lowest BCUT2D eigenvalue weighted by Crippen LogP contribution is -2.07. The average Bonchev–Trinajstić information content (AvgIpc) is 2.14. The highest BCUT2D eigenvalue weighted by molar-refractivity contribution is 14.1. The van der Waals surface area contributed by atoms with Crippen molar-refractivity contribution < 1.29 is 9.53 Å². The van der Waals surface area contributed by atoms with Crippen LogP contribution >= 0.6 is 34.2 Å². The number of aryl methyl sites for hydroxylation is 1. The number of carbonyl (C=O) groups is 1. The molecule has 0 radical (unpaired) electrons. The molecule has 1 aromatic carbocycles. The van der Waals surface area contributed by atoms with Crippen molar-refractivity contribution in [2.45, 2.75) is 6.92 Å². The third-order valence-corrected chi connectivity index (χ3v) is 3.68. The van der Waals surface area contributed by atoms with Gasteiger partial charge in [-0.2, -0.15) is 0 Å². The van der Waals surface area contributed by atoms with Gasteiger partial charge in [0, 0.05) is 5.69 Å². The summed E-state index contributed by atoms with van der Waals surface area (Å²) in [5.41, 5.74) is 7.36. The van der Waals surface area contributed by atoms with Crippen molar-refractivity contribution in [1.82, 2.24) is 0 Å². The Labute approximate surface area is 101 Å². The molecule has 2 N–H and O–H groups in total. The highest BCUT2D eigenvalue weighted by Crippen LogP contribution is 2.31. The number of halogens is 2. The van der Waals surface area contributed by atoms with E-state index in [2.05, 4.69) is 4.74 Å². The number of nitrogens with two attached hydrogens (primary N) is 1. The normalized spacial score (nSPS) is 10.0. The van der Waals surface area contributed by atoms with Crippen LogP contribution in [0.1, 0.15) is 15.9 Å². The Hall–Kier alpha value is -0.490. The Balaban J connectivity index is 3.44. The van der Waals surface area contributed by atoms with Crippen LogP contribution in [0.25, 0.3) is 0 Å². The predicted molar refractivity (Wildman–Crippen MR) is 64.7 cm³/mol. The fraction of sp³-hybridized carbons (Fsp3) is 0.222. The second-order valence-corrected chi connectivity index (χ2v) is 4.23. The first kappa shape index (κ1) is 11.6. The summed E-state index contributed by atoms with van der Waals surface area (Å²) < 4.78 is 5.30. The molecule has 0 aromatic heterocycles. The van der Waals surface area contributed by atoms with Gasteiger partial charge in [0.05, 0.1) is 21.3 Å². The van der Waals surface area contributed by atoms with Gasteiger partial charge in [-0.3, -0.25) is 0 Å². The van der Waals surface area contributed by atoms with Crippen LogP contribution in [0.2, 0.25) is 5.02 Å². The number of nitrogen functional groups attached to an aromatic ring is 1. The van der Waals surface area contributed by atoms with Gasteiger partial charge in [-0.1, -0.05) is 11.6 Å². The SMILES string of the molecule is COC(=O)c1c(C)cc(N)c(I)c1Cl. The van der Waals surface area contributed by atoms with Gasteiger partial charge >= 0.3 is 5.97 Å². The Morgan fingerprint density at radius 1 is 1.64 bits per heavy atom. The fourth-order valence-corrected chi connectivity index (χ4v) is 1.89. The van der Waals surface area contributed by atoms with Gasteiger partial charge in [0.15, 0.2) is 0 Å². The number of esters is 1. The number of hydrogen-bond donors (Lipinski definition) is 1. The van der Waals surface area contributed by atoms with E-state index in [1.54, 1.807) is 13.0 Å². The summed E-state index contributed by atoms with van der Waals surface area (Å²) in [6.07, 6.45) is 0. The number of benzene rings is 1. The van der Waals surface area contributed by atoms with Crippen molar-refractivity contribution in [3.8, 4) is 0 Å². The van der Waals surface area contributed by atoms with E-state index in [0.717, 1.165) is 5.56 Å². The van der Waals surface area contributed by atoms with E-state index in [-0.39, 0.29) is 0 Å². The van der Waals surface area contributed by atoms with Gasteiger partial charge in [0.25, 0.3) is 0 Å². The second kappa shape index (κ2) is 4.35. The second-order valence-electron chi connectivity index (χ2n) is 2.78. The van der Waals surface area contributed by atoms with Gasteiger partial charge in [-0.05, 0) is 41.1 Å². The summed E-state index contributed by atoms with van der Waals surface area (Å²) >= 11 is 7.99. The summed E-state index contributed by atoms with van der Waals surface area (Å²) in [7, 11) is 1.32. The molecule has 0 aliphatic carbocycles. The van der Waals surface area contributed by atoms with Crippen LogP contribution in [0.3, 0.4) is 0 Å². The molecule has 1 aromatic rings. The molecule has 0 amide bonds. The number of methoxy groups -OCH3 is 1. The van der Waals surface area contributed by atoms with Crippen molar-refractivity contribution in [3.05, 3.63) is 25.8 Å². The Morgan fingerprint density at radius 3 is 2.71 bits per heavy atom. The molecule has 76 valence electrons. The molecule has 0 unspecified atom stereocenters. The van der Waals surface area contributed by atoms with E-state index in [4.69, 9.17) is 17.3 Å². The van der Waals surface area contributed by atoms with E-state index >= 15 is 0 Å². The highest BCUT2D eigenvalue weighted by Gasteiger charge is 2.18. The van der Waals surface area contributed by atoms with E-state index in [0.29, 0.717) is 19.8 Å². The Kier molecular flexibility index (Phi) is 3.60. The largest absolute Gasteiger partial charge is 0.465 e. The first-order valence-corrected chi connectivity index (χ1v) is 5.27. The third kappa shape index (κ3) is 1.95. The quantitative estimate of drug-likeness (QED) is 0.490. The summed E-state index contributed by atoms with van der Waals surface area (Å²) in [5.74, 6) is -0.439. The number of rotatable bonds is 1. The van der Waals surface area contributed by atoms with Crippen molar-refractivity contribution in [2.24, 2.45) is 0 Å². The van der Waals surface area contributed by atoms with Crippen LogP contribution in [-0.2, 0) is 4.74 Å². The smallest absolute Gasteiger partial charge is 0.339 e. The lowest BCUT2D eigenvalue weighted by atomic mass is 10.1. The zero-order valence-corrected chi connectivity index (χ0v) is 10.6. The molecule has 0 fully saturated rings. The van der Waals surface area contributed by atoms with Crippen LogP contribution in [0.15, 0.2) is 6.07 Å². The molecule has 0 saturated carbocycles. The topological polar surface area (TPSA) is 52.3 Å². The maximum Gasteiger partial charge on any atom is 0.339 e. The average molecular weight is 326 g/mol. The minimum absolute atomic E-state index is 0.356. The van der Waals surface area contributed by atoms with Crippen LogP contribution in [0.4, 0.5) is 5.69 Å². The molecule has 0 spiro atoms. The molecule has 0 aliphatic rings. The van der Waals surface area contributed by atoms with E-state index in [1.807, 2.05) is 22.6 Å². The molecule has 0 saturated heterocycles. The van der Waals surface area contributed by atoms with Crippen molar-refractivity contribution >= 4 is 45.8 Å². The van der Waals surface area contributed by atoms with Crippen molar-refractivity contribution in [2.75, 3.05) is 12.8 Å². The number of anilines is 1. The van der Waals surface area contributed by atoms with Crippen molar-refractivity contribution in [1.29, 1.82) is 0 Å². The first-order valence-electron chi connectivity index (χ1n) is 3.81. The zero-order valence-electron chi connectivity index (χ0n) is 7.73. The number of ether oxygens (including phenoxy) is 1. The molecular formula is C9H9ClINO2. The van der Waals surface area contributed by atoms with Gasteiger partial charge in [-0.25, -0.2) is 4.79 Å². The standard InChI is InChI=1S/C9H9ClINO2/c1-4-3-5(12)8(11)7(10)6(4)9(13)14-2/h3H,12H2,1-2H3. The third-order valence-electron chi connectivity index (χ3n) is 1.82. The molecule has 0 heterocycles. The minimum Gasteiger partial charge on any atom is -0.465 e. The molecular weight excluding hydrogens is 316 g/mol. The minimum atomic E-state index is -0.439.